The number of hydrogen-bond acceptors (Lipinski definition) is 4. The molecule has 0 aromatic heterocycles. The molecule has 0 saturated carbocycles. The molecule has 1 heterocycles. The second kappa shape index (κ2) is 6.03. The monoisotopic (exact) mass is 292 g/mol. The van der Waals surface area contributed by atoms with Gasteiger partial charge in [-0.25, -0.2) is 0 Å². The maximum absolute atomic E-state index is 12.6. The van der Waals surface area contributed by atoms with Crippen molar-refractivity contribution < 1.29 is 19.1 Å². The number of rotatable bonds is 4. The molecule has 6 nitrogen and oxygen atoms in total. The molecule has 1 atom stereocenters. The summed E-state index contributed by atoms with van der Waals surface area (Å²) in [4.78, 5) is 27.7. The Balaban J connectivity index is 2.25. The molecule has 114 valence electrons. The average molecular weight is 292 g/mol. The Morgan fingerprint density at radius 3 is 2.24 bits per heavy atom. The molecule has 21 heavy (non-hydrogen) atoms. The normalized spacial score (nSPS) is 17.8. The van der Waals surface area contributed by atoms with Gasteiger partial charge in [-0.1, -0.05) is 0 Å². The SMILES string of the molecule is COc1cc(OC)cc(C(=O)N(C)C2CCN(C)C2=O)c1. The Kier molecular flexibility index (Phi) is 4.35. The number of carbonyl (C=O) groups is 2. The lowest BCUT2D eigenvalue weighted by Crippen LogP contribution is -2.42. The topological polar surface area (TPSA) is 59.1 Å². The lowest BCUT2D eigenvalue weighted by atomic mass is 10.1. The number of ether oxygens (including phenoxy) is 2. The number of amides is 2. The van der Waals surface area contributed by atoms with Crippen LogP contribution in [-0.2, 0) is 4.79 Å². The standard InChI is InChI=1S/C15H20N2O4/c1-16-6-5-13(15(16)19)17(2)14(18)10-7-11(20-3)9-12(8-10)21-4/h7-9,13H,5-6H2,1-4H3. The van der Waals surface area contributed by atoms with Gasteiger partial charge in [-0.15, -0.1) is 0 Å². The van der Waals surface area contributed by atoms with E-state index < -0.39 is 6.04 Å². The smallest absolute Gasteiger partial charge is 0.254 e. The first-order chi connectivity index (χ1) is 9.97. The van der Waals surface area contributed by atoms with Gasteiger partial charge in [-0.05, 0) is 18.6 Å². The van der Waals surface area contributed by atoms with Crippen LogP contribution in [0.3, 0.4) is 0 Å². The van der Waals surface area contributed by atoms with E-state index in [9.17, 15) is 9.59 Å². The highest BCUT2D eigenvalue weighted by molar-refractivity contribution is 5.98. The summed E-state index contributed by atoms with van der Waals surface area (Å²) >= 11 is 0. The third-order valence-corrected chi connectivity index (χ3v) is 3.79. The first kappa shape index (κ1) is 15.2. The highest BCUT2D eigenvalue weighted by Crippen LogP contribution is 2.24. The molecule has 0 bridgehead atoms. The van der Waals surface area contributed by atoms with Crippen LogP contribution in [0, 0.1) is 0 Å². The molecule has 1 fully saturated rings. The quantitative estimate of drug-likeness (QED) is 0.831. The van der Waals surface area contributed by atoms with Gasteiger partial charge in [0.15, 0.2) is 0 Å². The summed E-state index contributed by atoms with van der Waals surface area (Å²) in [6.07, 6.45) is 0.651. The Morgan fingerprint density at radius 2 is 1.81 bits per heavy atom. The van der Waals surface area contributed by atoms with Gasteiger partial charge in [-0.3, -0.25) is 9.59 Å². The van der Waals surface area contributed by atoms with E-state index in [1.165, 1.54) is 19.1 Å². The summed E-state index contributed by atoms with van der Waals surface area (Å²) in [7, 11) is 6.45. The van der Waals surface area contributed by atoms with E-state index in [1.807, 2.05) is 0 Å². The minimum absolute atomic E-state index is 0.0271. The number of carbonyl (C=O) groups excluding carboxylic acids is 2. The van der Waals surface area contributed by atoms with Crippen LogP contribution in [-0.4, -0.2) is 62.5 Å². The predicted octanol–water partition coefficient (Wildman–Crippen LogP) is 1.01. The molecule has 2 rings (SSSR count). The number of likely N-dealkylation sites (N-methyl/N-ethyl adjacent to an activating group) is 2. The van der Waals surface area contributed by atoms with Crippen molar-refractivity contribution in [1.82, 2.24) is 9.80 Å². The second-order valence-corrected chi connectivity index (χ2v) is 5.08. The van der Waals surface area contributed by atoms with Gasteiger partial charge < -0.3 is 19.3 Å². The average Bonchev–Trinajstić information content (AvgIpc) is 2.84. The van der Waals surface area contributed by atoms with Crippen molar-refractivity contribution in [3.8, 4) is 11.5 Å². The predicted molar refractivity (Wildman–Crippen MR) is 77.7 cm³/mol. The van der Waals surface area contributed by atoms with Gasteiger partial charge in [0.2, 0.25) is 5.91 Å². The van der Waals surface area contributed by atoms with Gasteiger partial charge in [0.25, 0.3) is 5.91 Å². The molecule has 0 N–H and O–H groups in total. The van der Waals surface area contributed by atoms with Crippen molar-refractivity contribution in [1.29, 1.82) is 0 Å². The van der Waals surface area contributed by atoms with Crippen LogP contribution in [0.4, 0.5) is 0 Å². The molecule has 0 spiro atoms. The van der Waals surface area contributed by atoms with E-state index in [1.54, 1.807) is 37.2 Å². The van der Waals surface area contributed by atoms with Gasteiger partial charge in [0.05, 0.1) is 14.2 Å². The number of nitrogens with zero attached hydrogens (tertiary/aromatic N) is 2. The van der Waals surface area contributed by atoms with Crippen molar-refractivity contribution in [2.75, 3.05) is 34.9 Å². The first-order valence-corrected chi connectivity index (χ1v) is 6.73. The fourth-order valence-corrected chi connectivity index (χ4v) is 2.44. The van der Waals surface area contributed by atoms with Crippen LogP contribution in [0.1, 0.15) is 16.8 Å². The zero-order valence-corrected chi connectivity index (χ0v) is 12.8. The van der Waals surface area contributed by atoms with Crippen molar-refractivity contribution in [3.05, 3.63) is 23.8 Å². The molecule has 0 radical (unpaired) electrons. The van der Waals surface area contributed by atoms with Gasteiger partial charge >= 0.3 is 0 Å². The zero-order chi connectivity index (χ0) is 15.6. The van der Waals surface area contributed by atoms with Crippen LogP contribution < -0.4 is 9.47 Å². The number of benzene rings is 1. The Bertz CT molecular complexity index is 536. The van der Waals surface area contributed by atoms with E-state index in [-0.39, 0.29) is 11.8 Å². The number of methoxy groups -OCH3 is 2. The highest BCUT2D eigenvalue weighted by atomic mass is 16.5. The molecule has 1 aliphatic heterocycles. The summed E-state index contributed by atoms with van der Waals surface area (Å²) in [5, 5.41) is 0. The molecule has 1 aromatic carbocycles. The Hall–Kier alpha value is -2.24. The molecule has 0 aliphatic carbocycles. The number of hydrogen-bond donors (Lipinski definition) is 0. The lowest BCUT2D eigenvalue weighted by Gasteiger charge is -2.23. The van der Waals surface area contributed by atoms with Crippen molar-refractivity contribution >= 4 is 11.8 Å². The first-order valence-electron chi connectivity index (χ1n) is 6.73. The molecule has 1 unspecified atom stereocenters. The summed E-state index contributed by atoms with van der Waals surface area (Å²) in [6.45, 7) is 0.669. The van der Waals surface area contributed by atoms with E-state index in [4.69, 9.17) is 9.47 Å². The second-order valence-electron chi connectivity index (χ2n) is 5.08. The molecule has 1 aromatic rings. The third-order valence-electron chi connectivity index (χ3n) is 3.79. The van der Waals surface area contributed by atoms with Crippen LogP contribution in [0.15, 0.2) is 18.2 Å². The van der Waals surface area contributed by atoms with Gasteiger partial charge in [-0.2, -0.15) is 0 Å². The highest BCUT2D eigenvalue weighted by Gasteiger charge is 2.34. The van der Waals surface area contributed by atoms with Crippen LogP contribution in [0.5, 0.6) is 11.5 Å². The maximum atomic E-state index is 12.6. The minimum Gasteiger partial charge on any atom is -0.497 e. The minimum atomic E-state index is -0.403. The molecule has 1 saturated heterocycles. The summed E-state index contributed by atoms with van der Waals surface area (Å²) in [5.74, 6) is 0.837. The van der Waals surface area contributed by atoms with Gasteiger partial charge in [0.1, 0.15) is 17.5 Å². The summed E-state index contributed by atoms with van der Waals surface area (Å²) in [5.41, 5.74) is 0.441. The van der Waals surface area contributed by atoms with E-state index in [2.05, 4.69) is 0 Å². The molecular formula is C15H20N2O4. The third kappa shape index (κ3) is 2.94. The van der Waals surface area contributed by atoms with Crippen molar-refractivity contribution in [3.63, 3.8) is 0 Å². The van der Waals surface area contributed by atoms with Crippen LogP contribution in [0.2, 0.25) is 0 Å². The molecular weight excluding hydrogens is 272 g/mol. The van der Waals surface area contributed by atoms with Gasteiger partial charge in [0, 0.05) is 32.3 Å². The fraction of sp³-hybridized carbons (Fsp3) is 0.467. The van der Waals surface area contributed by atoms with E-state index >= 15 is 0 Å². The molecule has 2 amide bonds. The van der Waals surface area contributed by atoms with Crippen LogP contribution >= 0.6 is 0 Å². The van der Waals surface area contributed by atoms with E-state index in [0.29, 0.717) is 30.0 Å². The molecule has 6 heteroatoms. The number of likely N-dealkylation sites (tertiary alicyclic amines) is 1. The fourth-order valence-electron chi connectivity index (χ4n) is 2.44. The summed E-state index contributed by atoms with van der Waals surface area (Å²) < 4.78 is 10.3. The largest absolute Gasteiger partial charge is 0.497 e. The van der Waals surface area contributed by atoms with Crippen LogP contribution in [0.25, 0.3) is 0 Å². The van der Waals surface area contributed by atoms with Crippen molar-refractivity contribution in [2.24, 2.45) is 0 Å². The molecule has 1 aliphatic rings. The lowest BCUT2D eigenvalue weighted by molar-refractivity contribution is -0.130. The van der Waals surface area contributed by atoms with E-state index in [0.717, 1.165) is 0 Å². The Labute approximate surface area is 124 Å². The Morgan fingerprint density at radius 1 is 1.24 bits per heavy atom. The van der Waals surface area contributed by atoms with Crippen molar-refractivity contribution in [2.45, 2.75) is 12.5 Å². The zero-order valence-electron chi connectivity index (χ0n) is 12.8. The summed E-state index contributed by atoms with van der Waals surface area (Å²) in [6, 6.07) is 4.58. The maximum Gasteiger partial charge on any atom is 0.254 e.